The van der Waals surface area contributed by atoms with Gasteiger partial charge in [-0.3, -0.25) is 4.79 Å². The molecule has 0 radical (unpaired) electrons. The lowest BCUT2D eigenvalue weighted by atomic mass is 9.82. The summed E-state index contributed by atoms with van der Waals surface area (Å²) in [5, 5.41) is 3.47. The predicted octanol–water partition coefficient (Wildman–Crippen LogP) is 2.07. The van der Waals surface area contributed by atoms with Crippen molar-refractivity contribution in [1.29, 1.82) is 0 Å². The van der Waals surface area contributed by atoms with Crippen molar-refractivity contribution in [1.82, 2.24) is 10.2 Å². The van der Waals surface area contributed by atoms with Crippen molar-refractivity contribution in [2.45, 2.75) is 51.2 Å². The third kappa shape index (κ3) is 2.90. The fourth-order valence-electron chi connectivity index (χ4n) is 5.10. The monoisotopic (exact) mass is 328 g/mol. The number of piperidine rings is 1. The van der Waals surface area contributed by atoms with Crippen LogP contribution in [0.4, 0.5) is 0 Å². The zero-order chi connectivity index (χ0) is 14.4. The van der Waals surface area contributed by atoms with Crippen LogP contribution < -0.4 is 5.32 Å². The lowest BCUT2D eigenvalue weighted by Gasteiger charge is -2.29. The fraction of sp³-hybridized carbons (Fsp3) is 0.941. The van der Waals surface area contributed by atoms with Crippen molar-refractivity contribution in [3.05, 3.63) is 0 Å². The summed E-state index contributed by atoms with van der Waals surface area (Å²) in [4.78, 5) is 14.8. The zero-order valence-corrected chi connectivity index (χ0v) is 14.3. The van der Waals surface area contributed by atoms with Gasteiger partial charge in [0.1, 0.15) is 0 Å². The second kappa shape index (κ2) is 6.66. The first-order chi connectivity index (χ1) is 10.2. The molecule has 0 aromatic heterocycles. The Morgan fingerprint density at radius 2 is 1.91 bits per heavy atom. The molecule has 4 heterocycles. The second-order valence-electron chi connectivity index (χ2n) is 7.70. The average molecular weight is 329 g/mol. The third-order valence-electron chi connectivity index (χ3n) is 6.44. The van der Waals surface area contributed by atoms with Crippen LogP contribution in [0.3, 0.4) is 0 Å². The van der Waals surface area contributed by atoms with Crippen LogP contribution in [0.15, 0.2) is 0 Å². The highest BCUT2D eigenvalue weighted by molar-refractivity contribution is 5.85. The first kappa shape index (κ1) is 16.5. The van der Waals surface area contributed by atoms with Crippen molar-refractivity contribution in [3.8, 4) is 0 Å². The van der Waals surface area contributed by atoms with E-state index >= 15 is 0 Å². The minimum absolute atomic E-state index is 0. The molecule has 2 bridgehead atoms. The molecule has 4 aliphatic heterocycles. The van der Waals surface area contributed by atoms with Crippen LogP contribution in [0.5, 0.6) is 0 Å². The maximum atomic E-state index is 12.6. The van der Waals surface area contributed by atoms with E-state index in [9.17, 15) is 4.79 Å². The SMILES string of the molecule is CC(CC(=O)N1CC2C3CCC(O3)C2C1)C1CCCNC1.Cl. The number of likely N-dealkylation sites (tertiary alicyclic amines) is 1. The summed E-state index contributed by atoms with van der Waals surface area (Å²) in [5.74, 6) is 2.86. The smallest absolute Gasteiger partial charge is 0.222 e. The highest BCUT2D eigenvalue weighted by atomic mass is 35.5. The van der Waals surface area contributed by atoms with Crippen molar-refractivity contribution >= 4 is 18.3 Å². The van der Waals surface area contributed by atoms with Gasteiger partial charge in [-0.25, -0.2) is 0 Å². The van der Waals surface area contributed by atoms with Crippen LogP contribution in [-0.2, 0) is 9.53 Å². The minimum Gasteiger partial charge on any atom is -0.374 e. The van der Waals surface area contributed by atoms with Crippen molar-refractivity contribution in [2.24, 2.45) is 23.7 Å². The lowest BCUT2D eigenvalue weighted by Crippen LogP contribution is -2.37. The molecule has 22 heavy (non-hydrogen) atoms. The molecule has 4 fully saturated rings. The van der Waals surface area contributed by atoms with Crippen LogP contribution in [0, 0.1) is 23.7 Å². The zero-order valence-electron chi connectivity index (χ0n) is 13.5. The van der Waals surface area contributed by atoms with E-state index in [1.807, 2.05) is 0 Å². The lowest BCUT2D eigenvalue weighted by molar-refractivity contribution is -0.132. The maximum absolute atomic E-state index is 12.6. The Morgan fingerprint density at radius 3 is 2.50 bits per heavy atom. The Morgan fingerprint density at radius 1 is 1.23 bits per heavy atom. The van der Waals surface area contributed by atoms with Gasteiger partial charge in [0.05, 0.1) is 12.2 Å². The molecule has 0 aliphatic carbocycles. The number of nitrogens with one attached hydrogen (secondary N) is 1. The van der Waals surface area contributed by atoms with Crippen molar-refractivity contribution < 1.29 is 9.53 Å². The Hall–Kier alpha value is -0.320. The number of hydrogen-bond donors (Lipinski definition) is 1. The van der Waals surface area contributed by atoms with Gasteiger partial charge < -0.3 is 15.0 Å². The quantitative estimate of drug-likeness (QED) is 0.862. The summed E-state index contributed by atoms with van der Waals surface area (Å²) in [6, 6.07) is 0. The first-order valence-corrected chi connectivity index (χ1v) is 8.86. The molecular formula is C17H29ClN2O2. The van der Waals surface area contributed by atoms with Crippen LogP contribution in [0.1, 0.15) is 39.0 Å². The van der Waals surface area contributed by atoms with Gasteiger partial charge in [0, 0.05) is 31.3 Å². The van der Waals surface area contributed by atoms with Gasteiger partial charge in [-0.05, 0) is 50.6 Å². The van der Waals surface area contributed by atoms with Gasteiger partial charge in [-0.1, -0.05) is 6.92 Å². The molecule has 0 spiro atoms. The Balaban J connectivity index is 0.00000144. The summed E-state index contributed by atoms with van der Waals surface area (Å²) >= 11 is 0. The van der Waals surface area contributed by atoms with Crippen LogP contribution in [0.25, 0.3) is 0 Å². The number of ether oxygens (including phenoxy) is 1. The summed E-state index contributed by atoms with van der Waals surface area (Å²) in [5.41, 5.74) is 0. The van der Waals surface area contributed by atoms with Crippen molar-refractivity contribution in [2.75, 3.05) is 26.2 Å². The topological polar surface area (TPSA) is 41.6 Å². The molecule has 0 aromatic carbocycles. The predicted molar refractivity (Wildman–Crippen MR) is 88.1 cm³/mol. The van der Waals surface area contributed by atoms with E-state index in [-0.39, 0.29) is 12.4 Å². The van der Waals surface area contributed by atoms with Crippen LogP contribution in [0.2, 0.25) is 0 Å². The third-order valence-corrected chi connectivity index (χ3v) is 6.44. The Labute approximate surface area is 139 Å². The van der Waals surface area contributed by atoms with Gasteiger partial charge in [0.25, 0.3) is 0 Å². The largest absolute Gasteiger partial charge is 0.374 e. The molecule has 4 saturated heterocycles. The molecule has 4 nitrogen and oxygen atoms in total. The van der Waals surface area contributed by atoms with Crippen molar-refractivity contribution in [3.63, 3.8) is 0 Å². The van der Waals surface area contributed by atoms with Crippen LogP contribution in [-0.4, -0.2) is 49.2 Å². The maximum Gasteiger partial charge on any atom is 0.222 e. The van der Waals surface area contributed by atoms with E-state index in [1.54, 1.807) is 0 Å². The fourth-order valence-corrected chi connectivity index (χ4v) is 5.10. The van der Waals surface area contributed by atoms with Crippen LogP contribution >= 0.6 is 12.4 Å². The van der Waals surface area contributed by atoms with Gasteiger partial charge in [-0.2, -0.15) is 0 Å². The van der Waals surface area contributed by atoms with E-state index in [1.165, 1.54) is 25.7 Å². The number of carbonyl (C=O) groups excluding carboxylic acids is 1. The molecule has 1 N–H and O–H groups in total. The summed E-state index contributed by atoms with van der Waals surface area (Å²) in [7, 11) is 0. The van der Waals surface area contributed by atoms with Gasteiger partial charge >= 0.3 is 0 Å². The van der Waals surface area contributed by atoms with E-state index in [0.29, 0.717) is 41.8 Å². The molecule has 0 aromatic rings. The van der Waals surface area contributed by atoms with E-state index in [0.717, 1.165) is 32.6 Å². The highest BCUT2D eigenvalue weighted by Gasteiger charge is 2.53. The number of amides is 1. The van der Waals surface area contributed by atoms with Gasteiger partial charge in [-0.15, -0.1) is 12.4 Å². The van der Waals surface area contributed by atoms with Gasteiger partial charge in [0.15, 0.2) is 0 Å². The minimum atomic E-state index is 0. The summed E-state index contributed by atoms with van der Waals surface area (Å²) in [6.45, 7) is 6.42. The first-order valence-electron chi connectivity index (χ1n) is 8.86. The number of rotatable bonds is 3. The second-order valence-corrected chi connectivity index (χ2v) is 7.70. The standard InChI is InChI=1S/C17H28N2O2.ClH/c1-11(12-3-2-6-18-8-12)7-17(20)19-9-13-14(10-19)16-5-4-15(13)21-16;/h11-16,18H,2-10H2,1H3;1H. The molecule has 4 rings (SSSR count). The summed E-state index contributed by atoms with van der Waals surface area (Å²) in [6.07, 6.45) is 6.64. The molecule has 6 unspecified atom stereocenters. The average Bonchev–Trinajstić information content (AvgIpc) is 3.20. The number of halogens is 1. The van der Waals surface area contributed by atoms with E-state index in [2.05, 4.69) is 17.1 Å². The van der Waals surface area contributed by atoms with Gasteiger partial charge in [0.2, 0.25) is 5.91 Å². The molecule has 1 amide bonds. The normalized spacial score (nSPS) is 41.1. The molecule has 6 atom stereocenters. The van der Waals surface area contributed by atoms with E-state index < -0.39 is 0 Å². The molecular weight excluding hydrogens is 300 g/mol. The van der Waals surface area contributed by atoms with E-state index in [4.69, 9.17) is 4.74 Å². The number of carbonyl (C=O) groups is 1. The Bertz CT molecular complexity index is 395. The Kier molecular flexibility index (Phi) is 5.01. The number of hydrogen-bond acceptors (Lipinski definition) is 3. The molecule has 4 aliphatic rings. The number of nitrogens with zero attached hydrogens (tertiary/aromatic N) is 1. The molecule has 5 heteroatoms. The highest BCUT2D eigenvalue weighted by Crippen LogP contribution is 2.47. The number of fused-ring (bicyclic) bond motifs is 5. The molecule has 0 saturated carbocycles. The molecule has 126 valence electrons. The summed E-state index contributed by atoms with van der Waals surface area (Å²) < 4.78 is 6.00.